The van der Waals surface area contributed by atoms with E-state index in [1.165, 1.54) is 18.9 Å². The minimum Gasteiger partial charge on any atom is -0.397 e. The van der Waals surface area contributed by atoms with Crippen LogP contribution in [0.1, 0.15) is 39.5 Å². The molecular weight excluding hydrogens is 239 g/mol. The molecule has 0 aliphatic heterocycles. The number of rotatable bonds is 6. The molecule has 0 amide bonds. The fourth-order valence-corrected chi connectivity index (χ4v) is 1.89. The number of nitrogens with one attached hydrogen (secondary N) is 1. The molecule has 0 aliphatic carbocycles. The fourth-order valence-electron chi connectivity index (χ4n) is 1.73. The Balaban J connectivity index is 2.64. The van der Waals surface area contributed by atoms with Gasteiger partial charge in [-0.15, -0.1) is 0 Å². The van der Waals surface area contributed by atoms with Crippen LogP contribution in [0, 0.1) is 5.82 Å². The van der Waals surface area contributed by atoms with Gasteiger partial charge in [-0.1, -0.05) is 37.8 Å². The maximum Gasteiger partial charge on any atom is 0.166 e. The quantitative estimate of drug-likeness (QED) is 0.585. The van der Waals surface area contributed by atoms with Crippen LogP contribution in [-0.4, -0.2) is 6.04 Å². The molecule has 17 heavy (non-hydrogen) atoms. The molecule has 0 saturated carbocycles. The van der Waals surface area contributed by atoms with E-state index in [1.54, 1.807) is 6.07 Å². The summed E-state index contributed by atoms with van der Waals surface area (Å²) in [6.45, 7) is 4.18. The molecule has 1 rings (SSSR count). The summed E-state index contributed by atoms with van der Waals surface area (Å²) in [6, 6.07) is 3.28. The molecule has 96 valence electrons. The highest BCUT2D eigenvalue weighted by Gasteiger charge is 2.12. The van der Waals surface area contributed by atoms with Crippen LogP contribution in [0.5, 0.6) is 0 Å². The zero-order valence-corrected chi connectivity index (χ0v) is 11.1. The van der Waals surface area contributed by atoms with Crippen LogP contribution in [0.2, 0.25) is 5.02 Å². The van der Waals surface area contributed by atoms with E-state index in [1.807, 2.05) is 6.92 Å². The maximum atomic E-state index is 13.7. The molecule has 2 nitrogen and oxygen atoms in total. The number of benzene rings is 1. The third-order valence-corrected chi connectivity index (χ3v) is 3.05. The van der Waals surface area contributed by atoms with Gasteiger partial charge in [-0.2, -0.15) is 0 Å². The lowest BCUT2D eigenvalue weighted by atomic mass is 10.1. The van der Waals surface area contributed by atoms with Crippen molar-refractivity contribution in [2.45, 2.75) is 45.6 Å². The average molecular weight is 259 g/mol. The highest BCUT2D eigenvalue weighted by molar-refractivity contribution is 6.31. The molecule has 0 bridgehead atoms. The molecule has 0 heterocycles. The highest BCUT2D eigenvalue weighted by atomic mass is 35.5. The van der Waals surface area contributed by atoms with Gasteiger partial charge in [0.15, 0.2) is 5.82 Å². The first-order valence-electron chi connectivity index (χ1n) is 6.06. The normalized spacial score (nSPS) is 12.5. The topological polar surface area (TPSA) is 38.0 Å². The molecule has 3 N–H and O–H groups in total. The zero-order chi connectivity index (χ0) is 12.8. The van der Waals surface area contributed by atoms with Crippen molar-refractivity contribution in [1.29, 1.82) is 0 Å². The van der Waals surface area contributed by atoms with Gasteiger partial charge in [-0.05, 0) is 25.5 Å². The Hall–Kier alpha value is -0.960. The summed E-state index contributed by atoms with van der Waals surface area (Å²) in [4.78, 5) is 0. The smallest absolute Gasteiger partial charge is 0.166 e. The summed E-state index contributed by atoms with van der Waals surface area (Å²) in [5, 5.41) is 3.19. The molecule has 1 aromatic rings. The third kappa shape index (κ3) is 4.08. The van der Waals surface area contributed by atoms with Crippen LogP contribution in [-0.2, 0) is 0 Å². The lowest BCUT2D eigenvalue weighted by Gasteiger charge is -2.17. The summed E-state index contributed by atoms with van der Waals surface area (Å²) >= 11 is 5.73. The van der Waals surface area contributed by atoms with Crippen LogP contribution < -0.4 is 11.1 Å². The molecule has 4 heteroatoms. The van der Waals surface area contributed by atoms with Crippen LogP contribution in [0.15, 0.2) is 12.1 Å². The summed E-state index contributed by atoms with van der Waals surface area (Å²) < 4.78 is 13.7. The number of hydrogen-bond donors (Lipinski definition) is 2. The first-order chi connectivity index (χ1) is 8.06. The standard InChI is InChI=1S/C13H20ClFN2/c1-3-4-5-6-9(2)17-13-11(16)8-7-10(14)12(13)15/h7-9,17H,3-6,16H2,1-2H3. The number of hydrogen-bond acceptors (Lipinski definition) is 2. The molecule has 1 unspecified atom stereocenters. The Labute approximate surface area is 107 Å². The Morgan fingerprint density at radius 1 is 1.41 bits per heavy atom. The van der Waals surface area contributed by atoms with E-state index in [0.29, 0.717) is 11.4 Å². The van der Waals surface area contributed by atoms with E-state index in [0.717, 1.165) is 12.8 Å². The maximum absolute atomic E-state index is 13.7. The summed E-state index contributed by atoms with van der Waals surface area (Å²) in [5.41, 5.74) is 6.45. The van der Waals surface area contributed by atoms with Gasteiger partial charge >= 0.3 is 0 Å². The van der Waals surface area contributed by atoms with E-state index in [-0.39, 0.29) is 11.1 Å². The summed E-state index contributed by atoms with van der Waals surface area (Å²) in [6.07, 6.45) is 4.51. The fraction of sp³-hybridized carbons (Fsp3) is 0.538. The Morgan fingerprint density at radius 2 is 2.12 bits per heavy atom. The summed E-state index contributed by atoms with van der Waals surface area (Å²) in [7, 11) is 0. The van der Waals surface area contributed by atoms with Gasteiger partial charge in [0.05, 0.1) is 16.4 Å². The molecule has 0 fully saturated rings. The number of nitrogens with two attached hydrogens (primary N) is 1. The van der Waals surface area contributed by atoms with Gasteiger partial charge in [0.25, 0.3) is 0 Å². The first kappa shape index (κ1) is 14.1. The van der Waals surface area contributed by atoms with E-state index in [4.69, 9.17) is 17.3 Å². The lowest BCUT2D eigenvalue weighted by Crippen LogP contribution is -2.17. The van der Waals surface area contributed by atoms with Crippen LogP contribution in [0.3, 0.4) is 0 Å². The van der Waals surface area contributed by atoms with Crippen molar-refractivity contribution in [2.24, 2.45) is 0 Å². The van der Waals surface area contributed by atoms with E-state index in [2.05, 4.69) is 12.2 Å². The Kier molecular flexibility index (Phi) is 5.56. The van der Waals surface area contributed by atoms with Crippen molar-refractivity contribution in [3.05, 3.63) is 23.0 Å². The van der Waals surface area contributed by atoms with Gasteiger partial charge in [0.1, 0.15) is 0 Å². The third-order valence-electron chi connectivity index (χ3n) is 2.76. The molecule has 0 radical (unpaired) electrons. The van der Waals surface area contributed by atoms with Gasteiger partial charge in [-0.3, -0.25) is 0 Å². The van der Waals surface area contributed by atoms with Crippen molar-refractivity contribution >= 4 is 23.0 Å². The molecule has 0 aromatic heterocycles. The van der Waals surface area contributed by atoms with E-state index >= 15 is 0 Å². The van der Waals surface area contributed by atoms with E-state index < -0.39 is 5.82 Å². The highest BCUT2D eigenvalue weighted by Crippen LogP contribution is 2.29. The monoisotopic (exact) mass is 258 g/mol. The van der Waals surface area contributed by atoms with Crippen molar-refractivity contribution < 1.29 is 4.39 Å². The second kappa shape index (κ2) is 6.70. The molecular formula is C13H20ClFN2. The van der Waals surface area contributed by atoms with Crippen molar-refractivity contribution in [3.8, 4) is 0 Å². The average Bonchev–Trinajstić information content (AvgIpc) is 2.30. The van der Waals surface area contributed by atoms with Crippen molar-refractivity contribution in [3.63, 3.8) is 0 Å². The minimum atomic E-state index is -0.464. The number of halogens is 2. The van der Waals surface area contributed by atoms with Gasteiger partial charge in [0, 0.05) is 6.04 Å². The molecule has 0 saturated heterocycles. The van der Waals surface area contributed by atoms with Gasteiger partial charge in [-0.25, -0.2) is 4.39 Å². The minimum absolute atomic E-state index is 0.0995. The van der Waals surface area contributed by atoms with Crippen LogP contribution >= 0.6 is 11.6 Å². The SMILES string of the molecule is CCCCCC(C)Nc1c(N)ccc(Cl)c1F. The number of nitrogen functional groups attached to an aromatic ring is 1. The number of unbranched alkanes of at least 4 members (excludes halogenated alkanes) is 2. The Morgan fingerprint density at radius 3 is 2.76 bits per heavy atom. The molecule has 1 aromatic carbocycles. The predicted molar refractivity (Wildman–Crippen MR) is 73.0 cm³/mol. The van der Waals surface area contributed by atoms with Gasteiger partial charge in [0.2, 0.25) is 0 Å². The largest absolute Gasteiger partial charge is 0.397 e. The second-order valence-electron chi connectivity index (χ2n) is 4.37. The van der Waals surface area contributed by atoms with Crippen molar-refractivity contribution in [1.82, 2.24) is 0 Å². The first-order valence-corrected chi connectivity index (χ1v) is 6.44. The van der Waals surface area contributed by atoms with Crippen molar-refractivity contribution in [2.75, 3.05) is 11.1 Å². The van der Waals surface area contributed by atoms with Crippen LogP contribution in [0.25, 0.3) is 0 Å². The lowest BCUT2D eigenvalue weighted by molar-refractivity contribution is 0.600. The van der Waals surface area contributed by atoms with Crippen LogP contribution in [0.4, 0.5) is 15.8 Å². The molecule has 0 aliphatic rings. The Bertz CT molecular complexity index is 369. The molecule has 1 atom stereocenters. The van der Waals surface area contributed by atoms with E-state index in [9.17, 15) is 4.39 Å². The summed E-state index contributed by atoms with van der Waals surface area (Å²) in [5.74, 6) is -0.464. The number of anilines is 2. The van der Waals surface area contributed by atoms with Gasteiger partial charge < -0.3 is 11.1 Å². The molecule has 0 spiro atoms. The predicted octanol–water partition coefficient (Wildman–Crippen LogP) is 4.44. The second-order valence-corrected chi connectivity index (χ2v) is 4.77. The zero-order valence-electron chi connectivity index (χ0n) is 10.4.